The molecule has 0 heterocycles. The Bertz CT molecular complexity index is 691. The van der Waals surface area contributed by atoms with Gasteiger partial charge in [0.1, 0.15) is 5.75 Å². The molecule has 1 amide bonds. The summed E-state index contributed by atoms with van der Waals surface area (Å²) in [6.45, 7) is 3.74. The molecule has 1 N–H and O–H groups in total. The lowest BCUT2D eigenvalue weighted by molar-refractivity contribution is -0.122. The summed E-state index contributed by atoms with van der Waals surface area (Å²) in [5.74, 6) is 1.15. The minimum Gasteiger partial charge on any atom is -0.496 e. The highest BCUT2D eigenvalue weighted by molar-refractivity contribution is 9.10. The molecular weight excluding hydrogens is 380 g/mol. The average Bonchev–Trinajstić information content (AvgIpc) is 2.60. The minimum atomic E-state index is 0.0271. The normalized spacial score (nSPS) is 12.0. The monoisotopic (exact) mass is 404 g/mol. The van der Waals surface area contributed by atoms with Crippen LogP contribution in [0.5, 0.6) is 5.75 Å². The zero-order valence-electron chi connectivity index (χ0n) is 15.0. The number of benzene rings is 2. The Morgan fingerprint density at radius 3 is 2.64 bits per heavy atom. The van der Waals surface area contributed by atoms with Crippen LogP contribution in [0, 0.1) is 0 Å². The number of methoxy groups -OCH3 is 1. The standard InChI is InChI=1S/C20H25BrN2O2/c1-15(16-7-5-4-6-8-16)12-22-20(24)14-23(2)13-17-11-18(21)9-10-19(17)25-3/h4-11,15H,12-14H2,1-3H3,(H,22,24)/t15-/m0/s1. The molecule has 2 aromatic carbocycles. The van der Waals surface area contributed by atoms with Crippen LogP contribution in [-0.4, -0.2) is 38.1 Å². The number of amides is 1. The molecule has 0 aliphatic carbocycles. The fourth-order valence-electron chi connectivity index (χ4n) is 2.68. The van der Waals surface area contributed by atoms with E-state index >= 15 is 0 Å². The van der Waals surface area contributed by atoms with Gasteiger partial charge in [0.25, 0.3) is 0 Å². The largest absolute Gasteiger partial charge is 0.496 e. The summed E-state index contributed by atoms with van der Waals surface area (Å²) in [6.07, 6.45) is 0. The summed E-state index contributed by atoms with van der Waals surface area (Å²) >= 11 is 3.48. The van der Waals surface area contributed by atoms with Crippen molar-refractivity contribution in [1.82, 2.24) is 10.2 Å². The van der Waals surface area contributed by atoms with Gasteiger partial charge in [-0.3, -0.25) is 9.69 Å². The van der Waals surface area contributed by atoms with Gasteiger partial charge in [-0.05, 0) is 36.7 Å². The molecule has 0 bridgehead atoms. The van der Waals surface area contributed by atoms with Gasteiger partial charge in [-0.15, -0.1) is 0 Å². The number of hydrogen-bond acceptors (Lipinski definition) is 3. The van der Waals surface area contributed by atoms with Crippen LogP contribution in [0.1, 0.15) is 24.0 Å². The molecule has 25 heavy (non-hydrogen) atoms. The lowest BCUT2D eigenvalue weighted by Crippen LogP contribution is -2.36. The van der Waals surface area contributed by atoms with Crippen LogP contribution in [0.2, 0.25) is 0 Å². The van der Waals surface area contributed by atoms with Crippen molar-refractivity contribution in [2.24, 2.45) is 0 Å². The van der Waals surface area contributed by atoms with E-state index in [1.54, 1.807) is 7.11 Å². The molecule has 2 rings (SSSR count). The van der Waals surface area contributed by atoms with Gasteiger partial charge < -0.3 is 10.1 Å². The number of rotatable bonds is 8. The number of nitrogens with zero attached hydrogens (tertiary/aromatic N) is 1. The van der Waals surface area contributed by atoms with E-state index < -0.39 is 0 Å². The Morgan fingerprint density at radius 2 is 1.96 bits per heavy atom. The zero-order chi connectivity index (χ0) is 18.2. The smallest absolute Gasteiger partial charge is 0.234 e. The van der Waals surface area contributed by atoms with Crippen molar-refractivity contribution in [3.05, 3.63) is 64.1 Å². The van der Waals surface area contributed by atoms with E-state index in [-0.39, 0.29) is 5.91 Å². The van der Waals surface area contributed by atoms with Crippen molar-refractivity contribution >= 4 is 21.8 Å². The number of carbonyl (C=O) groups excluding carboxylic acids is 1. The van der Waals surface area contributed by atoms with Crippen LogP contribution in [0.4, 0.5) is 0 Å². The predicted molar refractivity (Wildman–Crippen MR) is 105 cm³/mol. The molecule has 134 valence electrons. The van der Waals surface area contributed by atoms with Crippen LogP contribution in [0.25, 0.3) is 0 Å². The van der Waals surface area contributed by atoms with E-state index in [0.29, 0.717) is 25.6 Å². The summed E-state index contributed by atoms with van der Waals surface area (Å²) in [7, 11) is 3.59. The van der Waals surface area contributed by atoms with E-state index in [1.165, 1.54) is 5.56 Å². The summed E-state index contributed by atoms with van der Waals surface area (Å²) in [5.41, 5.74) is 2.28. The molecule has 4 nitrogen and oxygen atoms in total. The number of ether oxygens (including phenoxy) is 1. The second-order valence-corrected chi connectivity index (χ2v) is 7.16. The minimum absolute atomic E-state index is 0.0271. The van der Waals surface area contributed by atoms with Crippen molar-refractivity contribution < 1.29 is 9.53 Å². The third-order valence-electron chi connectivity index (χ3n) is 4.07. The Labute approximate surface area is 158 Å². The predicted octanol–water partition coefficient (Wildman–Crippen LogP) is 3.81. The first-order chi connectivity index (χ1) is 12.0. The van der Waals surface area contributed by atoms with E-state index in [1.807, 2.05) is 48.3 Å². The Morgan fingerprint density at radius 1 is 1.24 bits per heavy atom. The highest BCUT2D eigenvalue weighted by Crippen LogP contribution is 2.24. The second kappa shape index (κ2) is 9.59. The Balaban J connectivity index is 1.83. The van der Waals surface area contributed by atoms with Gasteiger partial charge in [0.15, 0.2) is 0 Å². The number of nitrogens with one attached hydrogen (secondary N) is 1. The third kappa shape index (κ3) is 6.18. The van der Waals surface area contributed by atoms with E-state index in [4.69, 9.17) is 4.74 Å². The molecule has 2 aromatic rings. The lowest BCUT2D eigenvalue weighted by Gasteiger charge is -2.19. The Hall–Kier alpha value is -1.85. The van der Waals surface area contributed by atoms with Gasteiger partial charge in [-0.1, -0.05) is 53.2 Å². The molecular formula is C20H25BrN2O2. The van der Waals surface area contributed by atoms with Crippen LogP contribution >= 0.6 is 15.9 Å². The summed E-state index contributed by atoms with van der Waals surface area (Å²) in [5, 5.41) is 3.02. The molecule has 0 saturated carbocycles. The molecule has 0 aromatic heterocycles. The number of hydrogen-bond donors (Lipinski definition) is 1. The van der Waals surface area contributed by atoms with E-state index in [9.17, 15) is 4.79 Å². The highest BCUT2D eigenvalue weighted by atomic mass is 79.9. The lowest BCUT2D eigenvalue weighted by atomic mass is 10.0. The summed E-state index contributed by atoms with van der Waals surface area (Å²) in [4.78, 5) is 14.2. The number of carbonyl (C=O) groups is 1. The molecule has 0 unspecified atom stereocenters. The summed E-state index contributed by atoms with van der Waals surface area (Å²) in [6, 6.07) is 16.1. The quantitative estimate of drug-likeness (QED) is 0.726. The first-order valence-corrected chi connectivity index (χ1v) is 9.11. The van der Waals surface area contributed by atoms with Gasteiger partial charge in [-0.25, -0.2) is 0 Å². The van der Waals surface area contributed by atoms with Gasteiger partial charge in [-0.2, -0.15) is 0 Å². The number of likely N-dealkylation sites (N-methyl/N-ethyl adjacent to an activating group) is 1. The third-order valence-corrected chi connectivity index (χ3v) is 4.56. The Kier molecular flexibility index (Phi) is 7.47. The fourth-order valence-corrected chi connectivity index (χ4v) is 3.09. The molecule has 0 saturated heterocycles. The summed E-state index contributed by atoms with van der Waals surface area (Å²) < 4.78 is 6.38. The van der Waals surface area contributed by atoms with Gasteiger partial charge in [0, 0.05) is 23.1 Å². The number of halogens is 1. The van der Waals surface area contributed by atoms with Crippen molar-refractivity contribution in [2.45, 2.75) is 19.4 Å². The second-order valence-electron chi connectivity index (χ2n) is 6.24. The topological polar surface area (TPSA) is 41.6 Å². The van der Waals surface area contributed by atoms with E-state index in [2.05, 4.69) is 40.3 Å². The van der Waals surface area contributed by atoms with Crippen LogP contribution < -0.4 is 10.1 Å². The first-order valence-electron chi connectivity index (χ1n) is 8.32. The average molecular weight is 405 g/mol. The van der Waals surface area contributed by atoms with Crippen molar-refractivity contribution in [1.29, 1.82) is 0 Å². The van der Waals surface area contributed by atoms with Crippen molar-refractivity contribution in [3.8, 4) is 5.75 Å². The van der Waals surface area contributed by atoms with Crippen molar-refractivity contribution in [2.75, 3.05) is 27.2 Å². The zero-order valence-corrected chi connectivity index (χ0v) is 16.5. The van der Waals surface area contributed by atoms with Gasteiger partial charge >= 0.3 is 0 Å². The molecule has 0 aliphatic heterocycles. The van der Waals surface area contributed by atoms with Gasteiger partial charge in [0.05, 0.1) is 13.7 Å². The van der Waals surface area contributed by atoms with Gasteiger partial charge in [0.2, 0.25) is 5.91 Å². The first kappa shape index (κ1) is 19.5. The van der Waals surface area contributed by atoms with Crippen molar-refractivity contribution in [3.63, 3.8) is 0 Å². The molecule has 1 atom stereocenters. The van der Waals surface area contributed by atoms with Crippen LogP contribution in [0.3, 0.4) is 0 Å². The maximum Gasteiger partial charge on any atom is 0.234 e. The van der Waals surface area contributed by atoms with Crippen LogP contribution in [-0.2, 0) is 11.3 Å². The molecule has 0 spiro atoms. The molecule has 0 aliphatic rings. The van der Waals surface area contributed by atoms with E-state index in [0.717, 1.165) is 15.8 Å². The maximum absolute atomic E-state index is 12.2. The maximum atomic E-state index is 12.2. The fraction of sp³-hybridized carbons (Fsp3) is 0.350. The van der Waals surface area contributed by atoms with Crippen LogP contribution in [0.15, 0.2) is 53.0 Å². The SMILES string of the molecule is COc1ccc(Br)cc1CN(C)CC(=O)NC[C@H](C)c1ccccc1. The molecule has 5 heteroatoms. The molecule has 0 fully saturated rings. The highest BCUT2D eigenvalue weighted by Gasteiger charge is 2.12. The molecule has 0 radical (unpaired) electrons.